The van der Waals surface area contributed by atoms with Gasteiger partial charge in [-0.3, -0.25) is 4.79 Å². The Bertz CT molecular complexity index is 277. The number of rotatable bonds is 3. The van der Waals surface area contributed by atoms with E-state index >= 15 is 0 Å². The maximum absolute atomic E-state index is 12.6. The van der Waals surface area contributed by atoms with Crippen molar-refractivity contribution in [1.82, 2.24) is 10.2 Å². The Labute approximate surface area is 102 Å². The lowest BCUT2D eigenvalue weighted by molar-refractivity contribution is -0.151. The second-order valence-electron chi connectivity index (χ2n) is 5.07. The van der Waals surface area contributed by atoms with Crippen LogP contribution < -0.4 is 5.32 Å². The highest BCUT2D eigenvalue weighted by Gasteiger charge is 2.44. The van der Waals surface area contributed by atoms with Gasteiger partial charge in [-0.05, 0) is 19.9 Å². The molecule has 2 atom stereocenters. The van der Waals surface area contributed by atoms with Crippen LogP contribution in [0.3, 0.4) is 0 Å². The van der Waals surface area contributed by atoms with Crippen LogP contribution in [0.5, 0.6) is 0 Å². The Kier molecular flexibility index (Phi) is 4.01. The number of methoxy groups -OCH3 is 1. The number of hydrogen-bond donors (Lipinski definition) is 1. The topological polar surface area (TPSA) is 50.8 Å². The van der Waals surface area contributed by atoms with Gasteiger partial charge in [0.05, 0.1) is 24.7 Å². The zero-order valence-corrected chi connectivity index (χ0v) is 10.7. The molecule has 2 aliphatic heterocycles. The van der Waals surface area contributed by atoms with Crippen LogP contribution >= 0.6 is 0 Å². The Balaban J connectivity index is 2.05. The van der Waals surface area contributed by atoms with Gasteiger partial charge in [-0.25, -0.2) is 0 Å². The molecule has 98 valence electrons. The van der Waals surface area contributed by atoms with Gasteiger partial charge in [0.25, 0.3) is 0 Å². The summed E-state index contributed by atoms with van der Waals surface area (Å²) in [4.78, 5) is 14.5. The predicted molar refractivity (Wildman–Crippen MR) is 63.8 cm³/mol. The maximum Gasteiger partial charge on any atom is 0.232 e. The third kappa shape index (κ3) is 2.61. The van der Waals surface area contributed by atoms with Gasteiger partial charge in [-0.1, -0.05) is 0 Å². The van der Waals surface area contributed by atoms with E-state index in [2.05, 4.69) is 5.32 Å². The molecule has 0 aromatic rings. The number of nitrogens with one attached hydrogen (secondary N) is 1. The lowest BCUT2D eigenvalue weighted by Gasteiger charge is -2.37. The molecule has 0 aromatic carbocycles. The second-order valence-corrected chi connectivity index (χ2v) is 5.07. The average molecular weight is 242 g/mol. The Morgan fingerprint density at radius 2 is 2.47 bits per heavy atom. The molecule has 1 N–H and O–H groups in total. The van der Waals surface area contributed by atoms with E-state index in [0.29, 0.717) is 26.3 Å². The lowest BCUT2D eigenvalue weighted by Crippen LogP contribution is -2.53. The molecule has 2 aliphatic rings. The zero-order chi connectivity index (χ0) is 12.3. The van der Waals surface area contributed by atoms with Gasteiger partial charge in [0.2, 0.25) is 5.91 Å². The average Bonchev–Trinajstić information content (AvgIpc) is 2.78. The van der Waals surface area contributed by atoms with Crippen molar-refractivity contribution in [2.75, 3.05) is 46.5 Å². The smallest absolute Gasteiger partial charge is 0.232 e. The van der Waals surface area contributed by atoms with E-state index < -0.39 is 0 Å². The summed E-state index contributed by atoms with van der Waals surface area (Å²) < 4.78 is 10.7. The number of nitrogens with zero attached hydrogens (tertiary/aromatic N) is 1. The predicted octanol–water partition coefficient (Wildman–Crippen LogP) is -0.140. The normalized spacial score (nSPS) is 34.0. The van der Waals surface area contributed by atoms with Gasteiger partial charge in [-0.2, -0.15) is 0 Å². The Morgan fingerprint density at radius 1 is 1.65 bits per heavy atom. The minimum absolute atomic E-state index is 0.140. The third-order valence-electron chi connectivity index (χ3n) is 3.65. The zero-order valence-electron chi connectivity index (χ0n) is 10.7. The van der Waals surface area contributed by atoms with Crippen molar-refractivity contribution in [2.24, 2.45) is 5.41 Å². The number of amides is 1. The molecule has 0 aromatic heterocycles. The minimum atomic E-state index is -0.355. The highest BCUT2D eigenvalue weighted by atomic mass is 16.5. The van der Waals surface area contributed by atoms with Crippen LogP contribution in [0.25, 0.3) is 0 Å². The van der Waals surface area contributed by atoms with Crippen LogP contribution in [0.4, 0.5) is 0 Å². The van der Waals surface area contributed by atoms with E-state index in [-0.39, 0.29) is 17.4 Å². The number of hydrogen-bond acceptors (Lipinski definition) is 4. The van der Waals surface area contributed by atoms with Crippen LogP contribution in [-0.2, 0) is 14.3 Å². The summed E-state index contributed by atoms with van der Waals surface area (Å²) in [6.45, 7) is 6.18. The summed E-state index contributed by atoms with van der Waals surface area (Å²) in [5.74, 6) is 0.222. The van der Waals surface area contributed by atoms with Crippen LogP contribution in [0.2, 0.25) is 0 Å². The molecule has 5 heteroatoms. The van der Waals surface area contributed by atoms with E-state index in [1.807, 2.05) is 11.8 Å². The maximum atomic E-state index is 12.6. The largest absolute Gasteiger partial charge is 0.384 e. The third-order valence-corrected chi connectivity index (χ3v) is 3.65. The fraction of sp³-hybridized carbons (Fsp3) is 0.917. The molecule has 2 rings (SSSR count). The molecule has 2 saturated heterocycles. The van der Waals surface area contributed by atoms with E-state index in [1.54, 1.807) is 7.11 Å². The molecule has 2 unspecified atom stereocenters. The molecule has 2 fully saturated rings. The van der Waals surface area contributed by atoms with Crippen LogP contribution in [0.1, 0.15) is 13.3 Å². The monoisotopic (exact) mass is 242 g/mol. The first kappa shape index (κ1) is 12.8. The fourth-order valence-electron chi connectivity index (χ4n) is 2.73. The van der Waals surface area contributed by atoms with Crippen molar-refractivity contribution in [1.29, 1.82) is 0 Å². The van der Waals surface area contributed by atoms with Crippen molar-refractivity contribution in [3.05, 3.63) is 0 Å². The van der Waals surface area contributed by atoms with Gasteiger partial charge in [0, 0.05) is 26.7 Å². The molecule has 1 amide bonds. The molecular formula is C12H22N2O3. The number of carbonyl (C=O) groups is 1. The van der Waals surface area contributed by atoms with Gasteiger partial charge in [-0.15, -0.1) is 0 Å². The Hall–Kier alpha value is -0.650. The molecule has 0 saturated carbocycles. The van der Waals surface area contributed by atoms with Gasteiger partial charge < -0.3 is 19.7 Å². The van der Waals surface area contributed by atoms with E-state index in [1.165, 1.54) is 0 Å². The van der Waals surface area contributed by atoms with Gasteiger partial charge >= 0.3 is 0 Å². The highest BCUT2D eigenvalue weighted by molar-refractivity contribution is 5.83. The Morgan fingerprint density at radius 3 is 3.06 bits per heavy atom. The first-order valence-corrected chi connectivity index (χ1v) is 6.28. The highest BCUT2D eigenvalue weighted by Crippen LogP contribution is 2.29. The summed E-state index contributed by atoms with van der Waals surface area (Å²) in [7, 11) is 1.66. The number of morpholine rings is 1. The minimum Gasteiger partial charge on any atom is -0.384 e. The summed E-state index contributed by atoms with van der Waals surface area (Å²) in [5.41, 5.74) is -0.355. The fourth-order valence-corrected chi connectivity index (χ4v) is 2.73. The van der Waals surface area contributed by atoms with E-state index in [0.717, 1.165) is 19.5 Å². The molecule has 0 radical (unpaired) electrons. The molecule has 2 heterocycles. The van der Waals surface area contributed by atoms with Gasteiger partial charge in [0.1, 0.15) is 0 Å². The molecule has 0 spiro atoms. The molecule has 0 bridgehead atoms. The molecular weight excluding hydrogens is 220 g/mol. The number of ether oxygens (including phenoxy) is 2. The van der Waals surface area contributed by atoms with Gasteiger partial charge in [0.15, 0.2) is 0 Å². The molecule has 5 nitrogen and oxygen atoms in total. The molecule has 0 aliphatic carbocycles. The second kappa shape index (κ2) is 5.33. The summed E-state index contributed by atoms with van der Waals surface area (Å²) >= 11 is 0. The van der Waals surface area contributed by atoms with Crippen molar-refractivity contribution in [3.63, 3.8) is 0 Å². The van der Waals surface area contributed by atoms with E-state index in [9.17, 15) is 4.79 Å². The first-order valence-electron chi connectivity index (χ1n) is 6.28. The number of carbonyl (C=O) groups excluding carboxylic acids is 1. The van der Waals surface area contributed by atoms with Crippen LogP contribution in [0.15, 0.2) is 0 Å². The first-order chi connectivity index (χ1) is 8.18. The quantitative estimate of drug-likeness (QED) is 0.748. The standard InChI is InChI=1S/C12H22N2O3/c1-10-7-14(5-6-17-10)11(15)12(9-16-2)3-4-13-8-12/h10,13H,3-9H2,1-2H3. The summed E-state index contributed by atoms with van der Waals surface area (Å²) in [6.07, 6.45) is 1.01. The summed E-state index contributed by atoms with van der Waals surface area (Å²) in [6, 6.07) is 0. The van der Waals surface area contributed by atoms with Crippen LogP contribution in [0, 0.1) is 5.41 Å². The van der Waals surface area contributed by atoms with Crippen LogP contribution in [-0.4, -0.2) is 63.4 Å². The molecule has 17 heavy (non-hydrogen) atoms. The van der Waals surface area contributed by atoms with Crippen molar-refractivity contribution in [2.45, 2.75) is 19.4 Å². The summed E-state index contributed by atoms with van der Waals surface area (Å²) in [5, 5.41) is 3.27. The SMILES string of the molecule is COCC1(C(=O)N2CCOC(C)C2)CCNC1. The van der Waals surface area contributed by atoms with Crippen molar-refractivity contribution in [3.8, 4) is 0 Å². The van der Waals surface area contributed by atoms with E-state index in [4.69, 9.17) is 9.47 Å². The van der Waals surface area contributed by atoms with Crippen molar-refractivity contribution >= 4 is 5.91 Å². The van der Waals surface area contributed by atoms with Crippen molar-refractivity contribution < 1.29 is 14.3 Å². The lowest BCUT2D eigenvalue weighted by atomic mass is 9.86.